The van der Waals surface area contributed by atoms with Crippen molar-refractivity contribution in [3.05, 3.63) is 18.6 Å². The van der Waals surface area contributed by atoms with Crippen LogP contribution in [-0.2, 0) is 4.79 Å². The van der Waals surface area contributed by atoms with Crippen LogP contribution in [0.3, 0.4) is 0 Å². The van der Waals surface area contributed by atoms with E-state index in [1.165, 1.54) is 0 Å². The molecule has 0 aromatic carbocycles. The fourth-order valence-corrected chi connectivity index (χ4v) is 3.29. The van der Waals surface area contributed by atoms with Crippen LogP contribution in [0, 0.1) is 12.3 Å². The van der Waals surface area contributed by atoms with Crippen LogP contribution in [0.2, 0.25) is 0 Å². The number of amides is 1. The molecule has 3 rings (SSSR count). The number of hydrogen-bond acceptors (Lipinski definition) is 6. The summed E-state index contributed by atoms with van der Waals surface area (Å²) >= 11 is 0. The first-order valence-electron chi connectivity index (χ1n) is 8.78. The molecule has 1 aromatic rings. The standard InChI is InChI=1S/C18H24N6O/c1-3-4-8-18(21-22-18)9-5-17(25)23(2)15-6-12-24(13-7-15)16-14-19-10-11-20-16/h1,10-11,14-15H,4-9,12-13H2,2H3. The third kappa shape index (κ3) is 4.32. The molecule has 0 radical (unpaired) electrons. The molecule has 2 aliphatic rings. The lowest BCUT2D eigenvalue weighted by molar-refractivity contribution is -0.132. The molecule has 1 aromatic heterocycles. The third-order valence-electron chi connectivity index (χ3n) is 5.07. The Kier molecular flexibility index (Phi) is 5.27. The maximum absolute atomic E-state index is 12.5. The van der Waals surface area contributed by atoms with Crippen molar-refractivity contribution in [1.29, 1.82) is 0 Å². The van der Waals surface area contributed by atoms with Crippen molar-refractivity contribution in [1.82, 2.24) is 14.9 Å². The van der Waals surface area contributed by atoms with E-state index in [4.69, 9.17) is 6.42 Å². The Balaban J connectivity index is 1.43. The summed E-state index contributed by atoms with van der Waals surface area (Å²) in [6, 6.07) is 0.273. The summed E-state index contributed by atoms with van der Waals surface area (Å²) in [5.74, 6) is 3.68. The zero-order valence-corrected chi connectivity index (χ0v) is 14.6. The summed E-state index contributed by atoms with van der Waals surface area (Å²) < 4.78 is 0. The van der Waals surface area contributed by atoms with Gasteiger partial charge in [0.2, 0.25) is 5.91 Å². The maximum atomic E-state index is 12.5. The zero-order chi connectivity index (χ0) is 17.7. The first kappa shape index (κ1) is 17.3. The molecule has 1 amide bonds. The second-order valence-corrected chi connectivity index (χ2v) is 6.67. The van der Waals surface area contributed by atoms with E-state index in [0.717, 1.165) is 38.2 Å². The van der Waals surface area contributed by atoms with Crippen molar-refractivity contribution in [3.63, 3.8) is 0 Å². The molecule has 0 N–H and O–H groups in total. The Labute approximate surface area is 148 Å². The number of nitrogens with zero attached hydrogens (tertiary/aromatic N) is 6. The second kappa shape index (κ2) is 7.60. The normalized spacial score (nSPS) is 18.6. The minimum atomic E-state index is -0.377. The molecule has 25 heavy (non-hydrogen) atoms. The third-order valence-corrected chi connectivity index (χ3v) is 5.07. The van der Waals surface area contributed by atoms with Gasteiger partial charge in [0.25, 0.3) is 0 Å². The maximum Gasteiger partial charge on any atom is 0.222 e. The van der Waals surface area contributed by atoms with E-state index in [1.54, 1.807) is 18.6 Å². The largest absolute Gasteiger partial charge is 0.355 e. The van der Waals surface area contributed by atoms with E-state index in [0.29, 0.717) is 19.3 Å². The lowest BCUT2D eigenvalue weighted by Gasteiger charge is -2.37. The van der Waals surface area contributed by atoms with Crippen molar-refractivity contribution in [2.75, 3.05) is 25.0 Å². The molecular formula is C18H24N6O. The van der Waals surface area contributed by atoms with E-state index >= 15 is 0 Å². The topological polar surface area (TPSA) is 74.1 Å². The van der Waals surface area contributed by atoms with Crippen LogP contribution in [0.5, 0.6) is 0 Å². The number of terminal acetylenes is 1. The highest BCUT2D eigenvalue weighted by atomic mass is 16.2. The Hall–Kier alpha value is -2.49. The fraction of sp³-hybridized carbons (Fsp3) is 0.611. The SMILES string of the molecule is C#CCCC1(CCC(=O)N(C)C2CCN(c3cnccn3)CC2)N=N1. The van der Waals surface area contributed by atoms with Gasteiger partial charge in [-0.1, -0.05) is 0 Å². The predicted molar refractivity (Wildman–Crippen MR) is 94.9 cm³/mol. The number of carbonyl (C=O) groups is 1. The molecule has 7 nitrogen and oxygen atoms in total. The zero-order valence-electron chi connectivity index (χ0n) is 14.6. The molecule has 0 unspecified atom stereocenters. The Morgan fingerprint density at radius 1 is 1.36 bits per heavy atom. The van der Waals surface area contributed by atoms with Gasteiger partial charge in [-0.3, -0.25) is 9.78 Å². The van der Waals surface area contributed by atoms with Crippen LogP contribution >= 0.6 is 0 Å². The lowest BCUT2D eigenvalue weighted by atomic mass is 10.00. The van der Waals surface area contributed by atoms with Gasteiger partial charge in [0.15, 0.2) is 5.66 Å². The highest BCUT2D eigenvalue weighted by Crippen LogP contribution is 2.37. The predicted octanol–water partition coefficient (Wildman–Crippen LogP) is 2.26. The fourth-order valence-electron chi connectivity index (χ4n) is 3.29. The summed E-state index contributed by atoms with van der Waals surface area (Å²) in [6.07, 6.45) is 14.9. The van der Waals surface area contributed by atoms with Crippen molar-refractivity contribution in [3.8, 4) is 12.3 Å². The molecule has 0 atom stereocenters. The molecule has 3 heterocycles. The second-order valence-electron chi connectivity index (χ2n) is 6.67. The number of piperidine rings is 1. The van der Waals surface area contributed by atoms with Gasteiger partial charge in [0.1, 0.15) is 5.82 Å². The number of hydrogen-bond donors (Lipinski definition) is 0. The summed E-state index contributed by atoms with van der Waals surface area (Å²) in [6.45, 7) is 1.77. The lowest BCUT2D eigenvalue weighted by Crippen LogP contribution is -2.46. The average Bonchev–Trinajstić information content (AvgIpc) is 3.45. The molecule has 132 valence electrons. The molecule has 2 aliphatic heterocycles. The van der Waals surface area contributed by atoms with Crippen LogP contribution in [-0.4, -0.2) is 52.6 Å². The number of aromatic nitrogens is 2. The van der Waals surface area contributed by atoms with Gasteiger partial charge in [0.05, 0.1) is 6.20 Å². The van der Waals surface area contributed by atoms with Crippen LogP contribution in [0.4, 0.5) is 5.82 Å². The molecule has 0 spiro atoms. The minimum Gasteiger partial charge on any atom is -0.355 e. The van der Waals surface area contributed by atoms with E-state index in [-0.39, 0.29) is 17.6 Å². The summed E-state index contributed by atoms with van der Waals surface area (Å²) in [4.78, 5) is 25.1. The van der Waals surface area contributed by atoms with Gasteiger partial charge < -0.3 is 9.80 Å². The van der Waals surface area contributed by atoms with Gasteiger partial charge in [-0.05, 0) is 12.8 Å². The molecule has 1 fully saturated rings. The van der Waals surface area contributed by atoms with E-state index < -0.39 is 0 Å². The van der Waals surface area contributed by atoms with Crippen LogP contribution in [0.1, 0.15) is 38.5 Å². The molecule has 1 saturated heterocycles. The van der Waals surface area contributed by atoms with Crippen LogP contribution in [0.15, 0.2) is 28.8 Å². The molecule has 0 aliphatic carbocycles. The Morgan fingerprint density at radius 2 is 2.12 bits per heavy atom. The van der Waals surface area contributed by atoms with Crippen LogP contribution in [0.25, 0.3) is 0 Å². The first-order valence-corrected chi connectivity index (χ1v) is 8.78. The van der Waals surface area contributed by atoms with Crippen molar-refractivity contribution in [2.24, 2.45) is 10.2 Å². The van der Waals surface area contributed by atoms with Gasteiger partial charge >= 0.3 is 0 Å². The van der Waals surface area contributed by atoms with Crippen molar-refractivity contribution in [2.45, 2.75) is 50.2 Å². The highest BCUT2D eigenvalue weighted by molar-refractivity contribution is 5.76. The molecule has 0 bridgehead atoms. The van der Waals surface area contributed by atoms with E-state index in [9.17, 15) is 4.79 Å². The Morgan fingerprint density at radius 3 is 2.72 bits per heavy atom. The molecule has 0 saturated carbocycles. The van der Waals surface area contributed by atoms with Crippen molar-refractivity contribution < 1.29 is 4.79 Å². The molecular weight excluding hydrogens is 316 g/mol. The highest BCUT2D eigenvalue weighted by Gasteiger charge is 2.39. The summed E-state index contributed by atoms with van der Waals surface area (Å²) in [7, 11) is 1.90. The van der Waals surface area contributed by atoms with Gasteiger partial charge in [-0.2, -0.15) is 10.2 Å². The van der Waals surface area contributed by atoms with Crippen LogP contribution < -0.4 is 4.90 Å². The van der Waals surface area contributed by atoms with Gasteiger partial charge in [0, 0.05) is 64.3 Å². The van der Waals surface area contributed by atoms with E-state index in [1.807, 2.05) is 11.9 Å². The van der Waals surface area contributed by atoms with Gasteiger partial charge in [-0.15, -0.1) is 12.3 Å². The minimum absolute atomic E-state index is 0.162. The average molecular weight is 340 g/mol. The van der Waals surface area contributed by atoms with Gasteiger partial charge in [-0.25, -0.2) is 4.98 Å². The Bertz CT molecular complexity index is 654. The number of anilines is 1. The monoisotopic (exact) mass is 340 g/mol. The summed E-state index contributed by atoms with van der Waals surface area (Å²) in [5, 5.41) is 8.20. The quantitative estimate of drug-likeness (QED) is 0.714. The molecule has 7 heteroatoms. The van der Waals surface area contributed by atoms with E-state index in [2.05, 4.69) is 31.0 Å². The number of rotatable bonds is 7. The first-order chi connectivity index (χ1) is 12.1. The smallest absolute Gasteiger partial charge is 0.222 e. The van der Waals surface area contributed by atoms with Crippen molar-refractivity contribution >= 4 is 11.7 Å². The number of carbonyl (C=O) groups excluding carboxylic acids is 1. The summed E-state index contributed by atoms with van der Waals surface area (Å²) in [5.41, 5.74) is -0.377.